The normalized spacial score (nSPS) is 12.6. The Hall–Kier alpha value is -4.32. The number of esters is 1. The number of rotatable bonds is 8. The molecule has 0 radical (unpaired) electrons. The van der Waals surface area contributed by atoms with Crippen molar-refractivity contribution in [3.8, 4) is 6.07 Å². The van der Waals surface area contributed by atoms with Crippen molar-refractivity contribution in [1.82, 2.24) is 4.57 Å². The number of nitrogens with zero attached hydrogens (tertiary/aromatic N) is 2. The zero-order chi connectivity index (χ0) is 24.2. The topological polar surface area (TPSA) is 126 Å². The SMILES string of the molecule is Cc1c(C#N)c(NC(=O)COC(=O)c2ccc(NC(=O)C3CC3)cc2)n(Cc2ccco2)c1C. The fourth-order valence-electron chi connectivity index (χ4n) is 3.55. The monoisotopic (exact) mass is 460 g/mol. The van der Waals surface area contributed by atoms with E-state index in [1.807, 2.05) is 6.92 Å². The second-order valence-electron chi connectivity index (χ2n) is 8.18. The molecule has 174 valence electrons. The summed E-state index contributed by atoms with van der Waals surface area (Å²) in [6.07, 6.45) is 3.36. The van der Waals surface area contributed by atoms with Crippen molar-refractivity contribution in [1.29, 1.82) is 5.26 Å². The molecule has 1 saturated carbocycles. The van der Waals surface area contributed by atoms with Gasteiger partial charge < -0.3 is 24.4 Å². The van der Waals surface area contributed by atoms with Gasteiger partial charge >= 0.3 is 5.97 Å². The minimum atomic E-state index is -0.672. The summed E-state index contributed by atoms with van der Waals surface area (Å²) in [6, 6.07) is 12.0. The van der Waals surface area contributed by atoms with Crippen molar-refractivity contribution in [2.75, 3.05) is 17.2 Å². The first kappa shape index (κ1) is 22.9. The number of furan rings is 1. The van der Waals surface area contributed by atoms with E-state index in [0.717, 1.165) is 24.1 Å². The van der Waals surface area contributed by atoms with Gasteiger partial charge in [0.05, 0.1) is 23.9 Å². The van der Waals surface area contributed by atoms with E-state index >= 15 is 0 Å². The zero-order valence-corrected chi connectivity index (χ0v) is 18.9. The predicted molar refractivity (Wildman–Crippen MR) is 123 cm³/mol. The summed E-state index contributed by atoms with van der Waals surface area (Å²) in [5.74, 6) is -0.194. The van der Waals surface area contributed by atoms with Gasteiger partial charge in [0.1, 0.15) is 17.6 Å². The number of ether oxygens (including phenoxy) is 1. The molecular formula is C25H24N4O5. The van der Waals surface area contributed by atoms with Gasteiger partial charge in [-0.25, -0.2) is 4.79 Å². The molecule has 0 saturated heterocycles. The van der Waals surface area contributed by atoms with Crippen molar-refractivity contribution >= 4 is 29.3 Å². The van der Waals surface area contributed by atoms with Crippen LogP contribution in [0.25, 0.3) is 0 Å². The summed E-state index contributed by atoms with van der Waals surface area (Å²) < 4.78 is 12.3. The molecular weight excluding hydrogens is 436 g/mol. The third-order valence-corrected chi connectivity index (χ3v) is 5.76. The summed E-state index contributed by atoms with van der Waals surface area (Å²) in [7, 11) is 0. The molecule has 0 spiro atoms. The smallest absolute Gasteiger partial charge is 0.338 e. The van der Waals surface area contributed by atoms with E-state index in [4.69, 9.17) is 9.15 Å². The molecule has 9 nitrogen and oxygen atoms in total. The Balaban J connectivity index is 1.38. The van der Waals surface area contributed by atoms with Crippen LogP contribution < -0.4 is 10.6 Å². The highest BCUT2D eigenvalue weighted by Crippen LogP contribution is 2.30. The number of anilines is 2. The average molecular weight is 460 g/mol. The highest BCUT2D eigenvalue weighted by molar-refractivity contribution is 5.97. The maximum absolute atomic E-state index is 12.6. The van der Waals surface area contributed by atoms with E-state index in [9.17, 15) is 19.6 Å². The van der Waals surface area contributed by atoms with E-state index in [-0.39, 0.29) is 17.4 Å². The van der Waals surface area contributed by atoms with Crippen molar-refractivity contribution < 1.29 is 23.5 Å². The van der Waals surface area contributed by atoms with Crippen molar-refractivity contribution in [2.24, 2.45) is 5.92 Å². The number of carbonyl (C=O) groups excluding carboxylic acids is 3. The van der Waals surface area contributed by atoms with Crippen LogP contribution in [-0.4, -0.2) is 29.0 Å². The number of benzene rings is 1. The van der Waals surface area contributed by atoms with Crippen LogP contribution in [0.1, 0.15) is 45.8 Å². The van der Waals surface area contributed by atoms with E-state index in [1.54, 1.807) is 42.0 Å². The first-order valence-corrected chi connectivity index (χ1v) is 10.9. The molecule has 2 N–H and O–H groups in total. The summed E-state index contributed by atoms with van der Waals surface area (Å²) in [5.41, 5.74) is 2.75. The average Bonchev–Trinajstić information content (AvgIpc) is 3.52. The summed E-state index contributed by atoms with van der Waals surface area (Å²) in [4.78, 5) is 36.7. The molecule has 0 unspecified atom stereocenters. The fourth-order valence-corrected chi connectivity index (χ4v) is 3.55. The van der Waals surface area contributed by atoms with E-state index in [0.29, 0.717) is 29.4 Å². The molecule has 2 aromatic heterocycles. The van der Waals surface area contributed by atoms with Gasteiger partial charge in [-0.05, 0) is 68.7 Å². The summed E-state index contributed by atoms with van der Waals surface area (Å²) in [6.45, 7) is 3.47. The van der Waals surface area contributed by atoms with Crippen LogP contribution in [0.5, 0.6) is 0 Å². The van der Waals surface area contributed by atoms with Crippen LogP contribution in [0.4, 0.5) is 11.5 Å². The fraction of sp³-hybridized carbons (Fsp3) is 0.280. The number of hydrogen-bond donors (Lipinski definition) is 2. The first-order chi connectivity index (χ1) is 16.4. The number of carbonyl (C=O) groups is 3. The molecule has 2 amide bonds. The first-order valence-electron chi connectivity index (χ1n) is 10.9. The molecule has 0 bridgehead atoms. The van der Waals surface area contributed by atoms with Gasteiger partial charge in [0.2, 0.25) is 5.91 Å². The highest BCUT2D eigenvalue weighted by atomic mass is 16.5. The van der Waals surface area contributed by atoms with Crippen LogP contribution >= 0.6 is 0 Å². The minimum absolute atomic E-state index is 0.0222. The molecule has 3 aromatic rings. The standard InChI is InChI=1S/C25H24N4O5/c1-15-16(2)29(13-20-4-3-11-33-20)23(21(15)12-26)28-22(30)14-34-25(32)18-7-9-19(10-8-18)27-24(31)17-5-6-17/h3-4,7-11,17H,5-6,13-14H2,1-2H3,(H,27,31)(H,28,30). The molecule has 9 heteroatoms. The molecule has 0 aliphatic heterocycles. The Morgan fingerprint density at radius 2 is 1.88 bits per heavy atom. The molecule has 1 fully saturated rings. The summed E-state index contributed by atoms with van der Waals surface area (Å²) >= 11 is 0. The van der Waals surface area contributed by atoms with E-state index in [2.05, 4.69) is 16.7 Å². The van der Waals surface area contributed by atoms with E-state index < -0.39 is 18.5 Å². The van der Waals surface area contributed by atoms with Gasteiger partial charge in [-0.15, -0.1) is 0 Å². The molecule has 1 aromatic carbocycles. The van der Waals surface area contributed by atoms with Crippen LogP contribution in [0.2, 0.25) is 0 Å². The zero-order valence-electron chi connectivity index (χ0n) is 18.9. The Kier molecular flexibility index (Phi) is 6.50. The predicted octanol–water partition coefficient (Wildman–Crippen LogP) is 3.76. The van der Waals surface area contributed by atoms with Crippen LogP contribution in [0, 0.1) is 31.1 Å². The van der Waals surface area contributed by atoms with Gasteiger partial charge in [0.25, 0.3) is 5.91 Å². The molecule has 1 aliphatic carbocycles. The molecule has 2 heterocycles. The number of amides is 2. The van der Waals surface area contributed by atoms with Crippen LogP contribution in [0.15, 0.2) is 47.1 Å². The Morgan fingerprint density at radius 3 is 2.50 bits per heavy atom. The molecule has 4 rings (SSSR count). The highest BCUT2D eigenvalue weighted by Gasteiger charge is 2.29. The largest absolute Gasteiger partial charge is 0.467 e. The quantitative estimate of drug-likeness (QED) is 0.493. The van der Waals surface area contributed by atoms with Gasteiger partial charge in [-0.2, -0.15) is 5.26 Å². The lowest BCUT2D eigenvalue weighted by molar-refractivity contribution is -0.119. The summed E-state index contributed by atoms with van der Waals surface area (Å²) in [5, 5.41) is 15.1. The Labute approximate surface area is 196 Å². The van der Waals surface area contributed by atoms with E-state index in [1.165, 1.54) is 12.1 Å². The van der Waals surface area contributed by atoms with Crippen molar-refractivity contribution in [2.45, 2.75) is 33.2 Å². The van der Waals surface area contributed by atoms with Gasteiger partial charge in [-0.3, -0.25) is 9.59 Å². The maximum Gasteiger partial charge on any atom is 0.338 e. The second-order valence-corrected chi connectivity index (χ2v) is 8.18. The lowest BCUT2D eigenvalue weighted by Crippen LogP contribution is -2.23. The number of nitrogens with one attached hydrogen (secondary N) is 2. The van der Waals surface area contributed by atoms with Crippen LogP contribution in [-0.2, 0) is 20.9 Å². The second kappa shape index (κ2) is 9.67. The lowest BCUT2D eigenvalue weighted by atomic mass is 10.2. The molecule has 1 aliphatic rings. The van der Waals surface area contributed by atoms with Crippen LogP contribution in [0.3, 0.4) is 0 Å². The third-order valence-electron chi connectivity index (χ3n) is 5.76. The third kappa shape index (κ3) is 5.02. The van der Waals surface area contributed by atoms with Crippen molar-refractivity contribution in [3.05, 3.63) is 70.8 Å². The minimum Gasteiger partial charge on any atom is -0.467 e. The Bertz CT molecular complexity index is 1260. The van der Waals surface area contributed by atoms with Crippen molar-refractivity contribution in [3.63, 3.8) is 0 Å². The van der Waals surface area contributed by atoms with Gasteiger partial charge in [0, 0.05) is 17.3 Å². The molecule has 0 atom stereocenters. The maximum atomic E-state index is 12.6. The number of aromatic nitrogens is 1. The van der Waals surface area contributed by atoms with Gasteiger partial charge in [0.15, 0.2) is 6.61 Å². The Morgan fingerprint density at radius 1 is 1.15 bits per heavy atom. The number of nitriles is 1. The van der Waals surface area contributed by atoms with Gasteiger partial charge in [-0.1, -0.05) is 0 Å². The lowest BCUT2D eigenvalue weighted by Gasteiger charge is -2.12. The number of hydrogen-bond acceptors (Lipinski definition) is 6. The molecule has 34 heavy (non-hydrogen) atoms.